The number of hydrogen-bond donors (Lipinski definition) is 4. The van der Waals surface area contributed by atoms with Gasteiger partial charge in [0.1, 0.15) is 17.9 Å². The van der Waals surface area contributed by atoms with E-state index < -0.39 is 17.7 Å². The van der Waals surface area contributed by atoms with Crippen LogP contribution in [-0.2, 0) is 33.6 Å². The number of likely N-dealkylation sites (N-methyl/N-ethyl adjacent to an activating group) is 2. The number of carbonyl (C=O) groups is 3. The van der Waals surface area contributed by atoms with Gasteiger partial charge in [-0.15, -0.1) is 0 Å². The third kappa shape index (κ3) is 11.6. The summed E-state index contributed by atoms with van der Waals surface area (Å²) in [5.74, 6) is 0.575. The number of aliphatic hydroxyl groups is 1. The molecule has 9 nitrogen and oxygen atoms in total. The third-order valence-electron chi connectivity index (χ3n) is 9.26. The van der Waals surface area contributed by atoms with E-state index in [0.717, 1.165) is 75.5 Å². The smallest absolute Gasteiger partial charge is 0.245 e. The normalized spacial score (nSPS) is 17.5. The molecule has 1 saturated carbocycles. The van der Waals surface area contributed by atoms with Crippen LogP contribution in [0.25, 0.3) is 0 Å². The maximum absolute atomic E-state index is 13.9. The SMILES string of the molecule is CCNC(=O)C(N(C)C(=O)C(NCC1CCc2cccc(CCCNC=O)c2O1)C1CCCCC1)C(C)(C)O.CCc1ccccc1. The van der Waals surface area contributed by atoms with Gasteiger partial charge in [0.05, 0.1) is 11.6 Å². The minimum atomic E-state index is -1.39. The van der Waals surface area contributed by atoms with E-state index in [1.165, 1.54) is 22.4 Å². The molecule has 1 fully saturated rings. The van der Waals surface area contributed by atoms with Crippen molar-refractivity contribution in [3.63, 3.8) is 0 Å². The second-order valence-electron chi connectivity index (χ2n) is 13.4. The van der Waals surface area contributed by atoms with Crippen molar-refractivity contribution in [1.29, 1.82) is 0 Å². The van der Waals surface area contributed by atoms with Gasteiger partial charge in [-0.25, -0.2) is 0 Å². The highest BCUT2D eigenvalue weighted by Crippen LogP contribution is 2.33. The first kappa shape index (κ1) is 38.0. The molecule has 260 valence electrons. The highest BCUT2D eigenvalue weighted by atomic mass is 16.5. The lowest BCUT2D eigenvalue weighted by Crippen LogP contribution is -2.62. The third-order valence-corrected chi connectivity index (χ3v) is 9.26. The van der Waals surface area contributed by atoms with E-state index in [0.29, 0.717) is 19.6 Å². The summed E-state index contributed by atoms with van der Waals surface area (Å²) in [7, 11) is 1.62. The fourth-order valence-electron chi connectivity index (χ4n) is 6.79. The van der Waals surface area contributed by atoms with Crippen LogP contribution in [0.15, 0.2) is 48.5 Å². The number of nitrogens with zero attached hydrogens (tertiary/aromatic N) is 1. The van der Waals surface area contributed by atoms with Crippen molar-refractivity contribution in [3.8, 4) is 5.75 Å². The molecule has 47 heavy (non-hydrogen) atoms. The molecule has 0 bridgehead atoms. The molecule has 2 aromatic rings. The Balaban J connectivity index is 0.000000653. The number of hydrogen-bond acceptors (Lipinski definition) is 6. The summed E-state index contributed by atoms with van der Waals surface area (Å²) >= 11 is 0. The molecule has 1 aliphatic carbocycles. The molecule has 9 heteroatoms. The first-order valence-electron chi connectivity index (χ1n) is 17.6. The molecule has 0 radical (unpaired) electrons. The monoisotopic (exact) mass is 650 g/mol. The van der Waals surface area contributed by atoms with E-state index in [9.17, 15) is 19.5 Å². The van der Waals surface area contributed by atoms with Gasteiger partial charge in [-0.3, -0.25) is 14.4 Å². The lowest BCUT2D eigenvalue weighted by molar-refractivity contribution is -0.150. The van der Waals surface area contributed by atoms with Gasteiger partial charge in [0, 0.05) is 26.7 Å². The standard InChI is InChI=1S/C30H48N4O5.C8H10/c1-5-32-28(36)27(30(2,3)38)34(4)29(37)25(21-11-7-6-8-12-21)33-19-24-17-16-23-14-9-13-22(26(23)39-24)15-10-18-31-20-35;1-2-8-6-4-3-5-7-8/h9,13-14,20-21,24-25,27,33,38H,5-8,10-12,15-19H2,1-4H3,(H,31,35)(H,32,36);3-7H,2H2,1H3. The average Bonchev–Trinajstić information content (AvgIpc) is 3.07. The molecule has 0 aromatic heterocycles. The van der Waals surface area contributed by atoms with E-state index in [4.69, 9.17) is 4.74 Å². The molecule has 1 heterocycles. The highest BCUT2D eigenvalue weighted by Gasteiger charge is 2.42. The van der Waals surface area contributed by atoms with Crippen LogP contribution >= 0.6 is 0 Å². The van der Waals surface area contributed by atoms with Gasteiger partial charge in [-0.05, 0) is 88.3 Å². The number of amides is 3. The van der Waals surface area contributed by atoms with E-state index >= 15 is 0 Å². The molecule has 4 N–H and O–H groups in total. The van der Waals surface area contributed by atoms with Crippen LogP contribution in [0.3, 0.4) is 0 Å². The molecule has 2 aliphatic rings. The Morgan fingerprint density at radius 2 is 1.77 bits per heavy atom. The highest BCUT2D eigenvalue weighted by molar-refractivity contribution is 5.90. The Bertz CT molecular complexity index is 1240. The summed E-state index contributed by atoms with van der Waals surface area (Å²) in [5.41, 5.74) is 2.35. The molecule has 1 aliphatic heterocycles. The van der Waals surface area contributed by atoms with Gasteiger partial charge in [0.15, 0.2) is 0 Å². The molecule has 0 spiro atoms. The number of para-hydroxylation sites is 1. The predicted octanol–water partition coefficient (Wildman–Crippen LogP) is 4.58. The zero-order valence-electron chi connectivity index (χ0n) is 29.2. The number of nitrogens with one attached hydrogen (secondary N) is 3. The van der Waals surface area contributed by atoms with Crippen LogP contribution < -0.4 is 20.7 Å². The lowest BCUT2D eigenvalue weighted by atomic mass is 9.82. The fourth-order valence-corrected chi connectivity index (χ4v) is 6.79. The van der Waals surface area contributed by atoms with Crippen molar-refractivity contribution in [2.45, 2.75) is 116 Å². The molecule has 3 unspecified atom stereocenters. The lowest BCUT2D eigenvalue weighted by Gasteiger charge is -2.40. The summed E-state index contributed by atoms with van der Waals surface area (Å²) in [6, 6.07) is 15.3. The van der Waals surface area contributed by atoms with Gasteiger partial charge in [-0.1, -0.05) is 74.7 Å². The Morgan fingerprint density at radius 3 is 2.38 bits per heavy atom. The Morgan fingerprint density at radius 1 is 1.04 bits per heavy atom. The van der Waals surface area contributed by atoms with Crippen molar-refractivity contribution in [2.75, 3.05) is 26.7 Å². The Kier molecular flexibility index (Phi) is 15.7. The van der Waals surface area contributed by atoms with E-state index in [1.54, 1.807) is 20.9 Å². The van der Waals surface area contributed by atoms with Crippen LogP contribution in [0.4, 0.5) is 0 Å². The number of benzene rings is 2. The van der Waals surface area contributed by atoms with E-state index in [-0.39, 0.29) is 23.8 Å². The van der Waals surface area contributed by atoms with Crippen LogP contribution in [0.5, 0.6) is 5.75 Å². The van der Waals surface area contributed by atoms with Gasteiger partial charge in [-0.2, -0.15) is 0 Å². The second-order valence-corrected chi connectivity index (χ2v) is 13.4. The molecule has 0 saturated heterocycles. The fraction of sp³-hybridized carbons (Fsp3) is 0.605. The van der Waals surface area contributed by atoms with Gasteiger partial charge >= 0.3 is 0 Å². The van der Waals surface area contributed by atoms with Crippen LogP contribution in [0.1, 0.15) is 89.3 Å². The number of aryl methyl sites for hydroxylation is 3. The van der Waals surface area contributed by atoms with Crippen molar-refractivity contribution >= 4 is 18.2 Å². The van der Waals surface area contributed by atoms with Gasteiger partial charge in [0.25, 0.3) is 0 Å². The minimum absolute atomic E-state index is 0.0792. The van der Waals surface area contributed by atoms with Gasteiger partial charge in [0.2, 0.25) is 18.2 Å². The van der Waals surface area contributed by atoms with E-state index in [1.807, 2.05) is 13.0 Å². The molecule has 3 amide bonds. The second kappa shape index (κ2) is 19.4. The molecular formula is C38H58N4O5. The summed E-state index contributed by atoms with van der Waals surface area (Å²) in [5, 5.41) is 19.8. The first-order valence-corrected chi connectivity index (χ1v) is 17.6. The Labute approximate surface area is 282 Å². The van der Waals surface area contributed by atoms with Crippen molar-refractivity contribution in [3.05, 3.63) is 65.2 Å². The summed E-state index contributed by atoms with van der Waals surface area (Å²) < 4.78 is 6.49. The van der Waals surface area contributed by atoms with Crippen LogP contribution in [0.2, 0.25) is 0 Å². The summed E-state index contributed by atoms with van der Waals surface area (Å²) in [6.45, 7) is 8.69. The summed E-state index contributed by atoms with van der Waals surface area (Å²) in [4.78, 5) is 38.8. The predicted molar refractivity (Wildman–Crippen MR) is 187 cm³/mol. The van der Waals surface area contributed by atoms with Crippen molar-refractivity contribution < 1.29 is 24.2 Å². The Hall–Kier alpha value is -3.43. The largest absolute Gasteiger partial charge is 0.489 e. The van der Waals surface area contributed by atoms with E-state index in [2.05, 4.69) is 65.3 Å². The molecule has 2 aromatic carbocycles. The van der Waals surface area contributed by atoms with Crippen molar-refractivity contribution in [1.82, 2.24) is 20.9 Å². The average molecular weight is 651 g/mol. The van der Waals surface area contributed by atoms with Crippen LogP contribution in [-0.4, -0.2) is 78.7 Å². The van der Waals surface area contributed by atoms with Crippen LogP contribution in [0, 0.1) is 5.92 Å². The molecule has 4 rings (SSSR count). The number of fused-ring (bicyclic) bond motifs is 1. The number of ether oxygens (including phenoxy) is 1. The maximum atomic E-state index is 13.9. The first-order chi connectivity index (χ1) is 22.6. The number of carbonyl (C=O) groups excluding carboxylic acids is 3. The zero-order chi connectivity index (χ0) is 34.2. The molecular weight excluding hydrogens is 592 g/mol. The molecule has 3 atom stereocenters. The maximum Gasteiger partial charge on any atom is 0.245 e. The quantitative estimate of drug-likeness (QED) is 0.166. The summed E-state index contributed by atoms with van der Waals surface area (Å²) in [6.07, 6.45) is 10.4. The van der Waals surface area contributed by atoms with Crippen molar-refractivity contribution in [2.24, 2.45) is 5.92 Å². The topological polar surface area (TPSA) is 120 Å². The minimum Gasteiger partial charge on any atom is -0.489 e. The number of rotatable bonds is 15. The zero-order valence-corrected chi connectivity index (χ0v) is 29.2. The van der Waals surface area contributed by atoms with Gasteiger partial charge < -0.3 is 30.7 Å².